The SMILES string of the molecule is CC(C)(C)C1CC(=O)N(Cc2cccc([N+](=O)[O-])c2N)C1. The maximum Gasteiger partial charge on any atom is 0.292 e. The summed E-state index contributed by atoms with van der Waals surface area (Å²) < 4.78 is 0. The predicted molar refractivity (Wildman–Crippen MR) is 80.5 cm³/mol. The molecule has 114 valence electrons. The molecule has 1 unspecified atom stereocenters. The van der Waals surface area contributed by atoms with Crippen molar-refractivity contribution in [3.63, 3.8) is 0 Å². The Bertz CT molecular complexity index is 578. The van der Waals surface area contributed by atoms with Gasteiger partial charge in [0.1, 0.15) is 5.69 Å². The van der Waals surface area contributed by atoms with E-state index in [0.29, 0.717) is 31.0 Å². The van der Waals surface area contributed by atoms with E-state index >= 15 is 0 Å². The van der Waals surface area contributed by atoms with E-state index in [9.17, 15) is 14.9 Å². The Kier molecular flexibility index (Phi) is 3.89. The number of hydrogen-bond acceptors (Lipinski definition) is 4. The first-order valence-corrected chi connectivity index (χ1v) is 6.99. The average molecular weight is 291 g/mol. The van der Waals surface area contributed by atoms with Gasteiger partial charge in [-0.15, -0.1) is 0 Å². The van der Waals surface area contributed by atoms with Crippen LogP contribution in [0.1, 0.15) is 32.8 Å². The Balaban J connectivity index is 2.18. The van der Waals surface area contributed by atoms with Crippen molar-refractivity contribution >= 4 is 17.3 Å². The van der Waals surface area contributed by atoms with Crippen molar-refractivity contribution in [1.29, 1.82) is 0 Å². The van der Waals surface area contributed by atoms with E-state index in [1.807, 2.05) is 0 Å². The molecule has 1 amide bonds. The van der Waals surface area contributed by atoms with Gasteiger partial charge in [0.25, 0.3) is 5.69 Å². The van der Waals surface area contributed by atoms with Crippen LogP contribution in [-0.2, 0) is 11.3 Å². The van der Waals surface area contributed by atoms with Crippen LogP contribution in [0.5, 0.6) is 0 Å². The van der Waals surface area contributed by atoms with Gasteiger partial charge < -0.3 is 10.6 Å². The highest BCUT2D eigenvalue weighted by Gasteiger charge is 2.37. The maximum absolute atomic E-state index is 12.1. The van der Waals surface area contributed by atoms with Crippen molar-refractivity contribution in [3.8, 4) is 0 Å². The van der Waals surface area contributed by atoms with E-state index in [4.69, 9.17) is 5.73 Å². The standard InChI is InChI=1S/C15H21N3O3/c1-15(2,3)11-7-13(19)17(9-11)8-10-5-4-6-12(14(10)16)18(20)21/h4-6,11H,7-9,16H2,1-3H3. The Morgan fingerprint density at radius 3 is 2.62 bits per heavy atom. The normalized spacial score (nSPS) is 19.1. The molecule has 1 aliphatic heterocycles. The molecule has 1 heterocycles. The number of nitro benzene ring substituents is 1. The summed E-state index contributed by atoms with van der Waals surface area (Å²) in [7, 11) is 0. The van der Waals surface area contributed by atoms with Crippen molar-refractivity contribution in [2.75, 3.05) is 12.3 Å². The molecule has 1 aromatic rings. The molecule has 6 nitrogen and oxygen atoms in total. The van der Waals surface area contributed by atoms with Gasteiger partial charge in [-0.25, -0.2) is 0 Å². The highest BCUT2D eigenvalue weighted by molar-refractivity contribution is 5.79. The summed E-state index contributed by atoms with van der Waals surface area (Å²) in [5.41, 5.74) is 6.59. The van der Waals surface area contributed by atoms with E-state index < -0.39 is 4.92 Å². The number of rotatable bonds is 3. The molecule has 2 rings (SSSR count). The Morgan fingerprint density at radius 1 is 1.43 bits per heavy atom. The Morgan fingerprint density at radius 2 is 2.10 bits per heavy atom. The monoisotopic (exact) mass is 291 g/mol. The summed E-state index contributed by atoms with van der Waals surface area (Å²) in [5.74, 6) is 0.380. The molecule has 1 aromatic carbocycles. The van der Waals surface area contributed by atoms with E-state index in [1.165, 1.54) is 6.07 Å². The van der Waals surface area contributed by atoms with Gasteiger partial charge in [0.05, 0.1) is 4.92 Å². The summed E-state index contributed by atoms with van der Waals surface area (Å²) in [4.78, 5) is 24.3. The molecule has 0 saturated carbocycles. The molecule has 1 fully saturated rings. The molecule has 1 atom stereocenters. The molecule has 21 heavy (non-hydrogen) atoms. The minimum Gasteiger partial charge on any atom is -0.393 e. The summed E-state index contributed by atoms with van der Waals surface area (Å²) in [5, 5.41) is 10.9. The lowest BCUT2D eigenvalue weighted by Gasteiger charge is -2.26. The molecular weight excluding hydrogens is 270 g/mol. The lowest BCUT2D eigenvalue weighted by molar-refractivity contribution is -0.384. The fourth-order valence-electron chi connectivity index (χ4n) is 2.61. The van der Waals surface area contributed by atoms with Crippen LogP contribution in [0, 0.1) is 21.4 Å². The topological polar surface area (TPSA) is 89.5 Å². The van der Waals surface area contributed by atoms with E-state index in [0.717, 1.165) is 0 Å². The van der Waals surface area contributed by atoms with Crippen LogP contribution in [0.25, 0.3) is 0 Å². The van der Waals surface area contributed by atoms with E-state index in [-0.39, 0.29) is 22.7 Å². The number of nitrogens with zero attached hydrogens (tertiary/aromatic N) is 2. The highest BCUT2D eigenvalue weighted by Crippen LogP contribution is 2.35. The van der Waals surface area contributed by atoms with Crippen LogP contribution in [0.15, 0.2) is 18.2 Å². The number of carbonyl (C=O) groups is 1. The second kappa shape index (κ2) is 5.35. The first kappa shape index (κ1) is 15.3. The quantitative estimate of drug-likeness (QED) is 0.526. The van der Waals surface area contributed by atoms with Crippen LogP contribution >= 0.6 is 0 Å². The fraction of sp³-hybridized carbons (Fsp3) is 0.533. The highest BCUT2D eigenvalue weighted by atomic mass is 16.6. The molecule has 0 bridgehead atoms. The van der Waals surface area contributed by atoms with Gasteiger partial charge in [-0.3, -0.25) is 14.9 Å². The van der Waals surface area contributed by atoms with Gasteiger partial charge >= 0.3 is 0 Å². The van der Waals surface area contributed by atoms with Gasteiger partial charge in [-0.2, -0.15) is 0 Å². The van der Waals surface area contributed by atoms with Crippen molar-refractivity contribution in [2.24, 2.45) is 11.3 Å². The smallest absolute Gasteiger partial charge is 0.292 e. The second-order valence-electron chi connectivity index (χ2n) is 6.65. The molecule has 2 N–H and O–H groups in total. The zero-order valence-electron chi connectivity index (χ0n) is 12.6. The number of likely N-dealkylation sites (tertiary alicyclic amines) is 1. The number of hydrogen-bond donors (Lipinski definition) is 1. The van der Waals surface area contributed by atoms with Gasteiger partial charge in [-0.1, -0.05) is 32.9 Å². The summed E-state index contributed by atoms with van der Waals surface area (Å²) >= 11 is 0. The van der Waals surface area contributed by atoms with Crippen LogP contribution in [-0.4, -0.2) is 22.3 Å². The molecule has 1 saturated heterocycles. The predicted octanol–water partition coefficient (Wildman–Crippen LogP) is 2.57. The van der Waals surface area contributed by atoms with E-state index in [2.05, 4.69) is 20.8 Å². The van der Waals surface area contributed by atoms with Gasteiger partial charge in [0.2, 0.25) is 5.91 Å². The molecule has 6 heteroatoms. The van der Waals surface area contributed by atoms with Crippen molar-refractivity contribution in [1.82, 2.24) is 4.90 Å². The summed E-state index contributed by atoms with van der Waals surface area (Å²) in [6.07, 6.45) is 0.526. The molecule has 0 aliphatic carbocycles. The fourth-order valence-corrected chi connectivity index (χ4v) is 2.61. The third kappa shape index (κ3) is 3.15. The Hall–Kier alpha value is -2.11. The number of nitrogens with two attached hydrogens (primary N) is 1. The number of benzene rings is 1. The third-order valence-electron chi connectivity index (χ3n) is 4.17. The summed E-state index contributed by atoms with van der Waals surface area (Å²) in [6.45, 7) is 7.37. The second-order valence-corrected chi connectivity index (χ2v) is 6.65. The number of para-hydroxylation sites is 1. The third-order valence-corrected chi connectivity index (χ3v) is 4.17. The van der Waals surface area contributed by atoms with Gasteiger partial charge in [-0.05, 0) is 11.3 Å². The maximum atomic E-state index is 12.1. The van der Waals surface area contributed by atoms with Crippen molar-refractivity contribution < 1.29 is 9.72 Å². The zero-order valence-corrected chi connectivity index (χ0v) is 12.6. The lowest BCUT2D eigenvalue weighted by Crippen LogP contribution is -2.27. The van der Waals surface area contributed by atoms with Crippen LogP contribution in [0.2, 0.25) is 0 Å². The first-order valence-electron chi connectivity index (χ1n) is 6.99. The van der Waals surface area contributed by atoms with Crippen LogP contribution in [0.4, 0.5) is 11.4 Å². The molecule has 0 spiro atoms. The van der Waals surface area contributed by atoms with Crippen molar-refractivity contribution in [2.45, 2.75) is 33.7 Å². The van der Waals surface area contributed by atoms with Crippen LogP contribution < -0.4 is 5.73 Å². The zero-order chi connectivity index (χ0) is 15.8. The van der Waals surface area contributed by atoms with Crippen LogP contribution in [0.3, 0.4) is 0 Å². The number of nitro groups is 1. The number of anilines is 1. The van der Waals surface area contributed by atoms with Gasteiger partial charge in [0.15, 0.2) is 0 Å². The first-order chi connectivity index (χ1) is 9.70. The lowest BCUT2D eigenvalue weighted by atomic mass is 9.80. The van der Waals surface area contributed by atoms with Gasteiger partial charge in [0, 0.05) is 31.1 Å². The Labute approximate surface area is 124 Å². The minimum absolute atomic E-state index is 0.0681. The largest absolute Gasteiger partial charge is 0.393 e. The number of nitrogen functional groups attached to an aromatic ring is 1. The van der Waals surface area contributed by atoms with E-state index in [1.54, 1.807) is 17.0 Å². The average Bonchev–Trinajstić information content (AvgIpc) is 2.73. The molecule has 1 aliphatic rings. The van der Waals surface area contributed by atoms with Crippen molar-refractivity contribution in [3.05, 3.63) is 33.9 Å². The number of amides is 1. The molecule has 0 aromatic heterocycles. The summed E-state index contributed by atoms with van der Waals surface area (Å²) in [6, 6.07) is 4.72. The number of carbonyl (C=O) groups excluding carboxylic acids is 1. The minimum atomic E-state index is -0.497. The molecular formula is C15H21N3O3. The molecule has 0 radical (unpaired) electrons.